The monoisotopic (exact) mass is 416 g/mol. The summed E-state index contributed by atoms with van der Waals surface area (Å²) in [4.78, 5) is 10.9. The van der Waals surface area contributed by atoms with E-state index >= 15 is 0 Å². The van der Waals surface area contributed by atoms with Crippen molar-refractivity contribution >= 4 is 14.0 Å². The number of non-ortho nitro benzene ring substituents is 1. The summed E-state index contributed by atoms with van der Waals surface area (Å²) in [6.07, 6.45) is 3.76. The van der Waals surface area contributed by atoms with Crippen molar-refractivity contribution in [3.63, 3.8) is 0 Å². The second kappa shape index (κ2) is 7.99. The van der Waals surface area contributed by atoms with E-state index in [0.29, 0.717) is 11.8 Å². The first-order valence-corrected chi connectivity index (χ1v) is 13.1. The number of aryl methyl sites for hydroxylation is 1. The molecule has 8 heteroatoms. The van der Waals surface area contributed by atoms with Crippen molar-refractivity contribution in [2.75, 3.05) is 6.61 Å². The predicted octanol–water partition coefficient (Wildman–Crippen LogP) is 4.90. The summed E-state index contributed by atoms with van der Waals surface area (Å²) >= 11 is 0. The van der Waals surface area contributed by atoms with Crippen LogP contribution in [-0.2, 0) is 11.5 Å². The molecule has 1 aliphatic rings. The lowest BCUT2D eigenvalue weighted by molar-refractivity contribution is -0.384. The summed E-state index contributed by atoms with van der Waals surface area (Å²) < 4.78 is 8.33. The summed E-state index contributed by atoms with van der Waals surface area (Å²) in [5.41, 5.74) is 1.05. The Morgan fingerprint density at radius 2 is 2.03 bits per heavy atom. The normalized spacial score (nSPS) is 20.9. The number of benzene rings is 1. The molecule has 1 aromatic carbocycles. The van der Waals surface area contributed by atoms with Crippen molar-refractivity contribution in [2.24, 2.45) is 18.9 Å². The molecule has 0 spiro atoms. The van der Waals surface area contributed by atoms with E-state index in [1.54, 1.807) is 18.5 Å². The van der Waals surface area contributed by atoms with Crippen molar-refractivity contribution in [3.8, 4) is 0 Å². The third-order valence-electron chi connectivity index (χ3n) is 6.69. The first kappa shape index (κ1) is 21.6. The van der Waals surface area contributed by atoms with Gasteiger partial charge in [-0.25, -0.2) is 0 Å². The SMILES string of the molecule is Cn1cnnc1C(c1cccc([N+](=O)[O-])c1)C1CC(CO[Si](C)(C)C(C)(C)C)C1. The highest BCUT2D eigenvalue weighted by atomic mass is 28.4. The van der Waals surface area contributed by atoms with Gasteiger partial charge in [-0.15, -0.1) is 10.2 Å². The van der Waals surface area contributed by atoms with Gasteiger partial charge in [0.1, 0.15) is 12.2 Å². The van der Waals surface area contributed by atoms with Gasteiger partial charge in [0.2, 0.25) is 0 Å². The quantitative estimate of drug-likeness (QED) is 0.364. The number of hydrogen-bond donors (Lipinski definition) is 0. The number of rotatable bonds is 7. The van der Waals surface area contributed by atoms with Gasteiger partial charge in [-0.1, -0.05) is 32.9 Å². The third-order valence-corrected chi connectivity index (χ3v) is 11.2. The molecule has 3 rings (SSSR count). The fourth-order valence-corrected chi connectivity index (χ4v) is 4.86. The molecule has 2 aromatic rings. The van der Waals surface area contributed by atoms with Crippen LogP contribution in [0.2, 0.25) is 18.1 Å². The summed E-state index contributed by atoms with van der Waals surface area (Å²) in [5, 5.41) is 19.8. The molecule has 1 atom stereocenters. The maximum absolute atomic E-state index is 11.3. The molecule has 1 fully saturated rings. The van der Waals surface area contributed by atoms with Gasteiger partial charge in [0.05, 0.1) is 4.92 Å². The second-order valence-corrected chi connectivity index (χ2v) is 14.6. The van der Waals surface area contributed by atoms with Gasteiger partial charge in [0, 0.05) is 31.7 Å². The molecular formula is C21H32N4O3Si. The Morgan fingerprint density at radius 3 is 2.59 bits per heavy atom. The molecule has 158 valence electrons. The lowest BCUT2D eigenvalue weighted by Gasteiger charge is -2.43. The molecule has 1 saturated carbocycles. The zero-order chi connectivity index (χ0) is 21.4. The van der Waals surface area contributed by atoms with Crippen molar-refractivity contribution in [3.05, 3.63) is 52.1 Å². The van der Waals surface area contributed by atoms with Crippen LogP contribution in [0.5, 0.6) is 0 Å². The summed E-state index contributed by atoms with van der Waals surface area (Å²) in [6.45, 7) is 12.1. The number of hydrogen-bond acceptors (Lipinski definition) is 5. The van der Waals surface area contributed by atoms with Crippen LogP contribution < -0.4 is 0 Å². The number of aromatic nitrogens is 3. The van der Waals surface area contributed by atoms with Crippen LogP contribution in [-0.4, -0.2) is 34.6 Å². The van der Waals surface area contributed by atoms with Crippen LogP contribution in [0.15, 0.2) is 30.6 Å². The summed E-state index contributed by atoms with van der Waals surface area (Å²) in [5.74, 6) is 1.78. The molecule has 0 N–H and O–H groups in total. The Labute approximate surface area is 173 Å². The average Bonchev–Trinajstić information content (AvgIpc) is 3.01. The molecule has 0 aliphatic heterocycles. The number of nitro benzene ring substituents is 1. The van der Waals surface area contributed by atoms with Gasteiger partial charge in [0.25, 0.3) is 5.69 Å². The van der Waals surface area contributed by atoms with Crippen molar-refractivity contribution < 1.29 is 9.35 Å². The molecule has 1 unspecified atom stereocenters. The predicted molar refractivity (Wildman–Crippen MR) is 115 cm³/mol. The molecule has 1 aromatic heterocycles. The van der Waals surface area contributed by atoms with Crippen LogP contribution in [0.1, 0.15) is 50.9 Å². The summed E-state index contributed by atoms with van der Waals surface area (Å²) in [6, 6.07) is 6.94. The maximum Gasteiger partial charge on any atom is 0.269 e. The Morgan fingerprint density at radius 1 is 1.34 bits per heavy atom. The lowest BCUT2D eigenvalue weighted by atomic mass is 9.66. The van der Waals surface area contributed by atoms with Gasteiger partial charge < -0.3 is 8.99 Å². The zero-order valence-corrected chi connectivity index (χ0v) is 19.3. The topological polar surface area (TPSA) is 83.1 Å². The molecule has 0 saturated heterocycles. The van der Waals surface area contributed by atoms with E-state index in [1.807, 2.05) is 17.7 Å². The lowest BCUT2D eigenvalue weighted by Crippen LogP contribution is -2.44. The summed E-state index contributed by atoms with van der Waals surface area (Å²) in [7, 11) is 0.180. The fourth-order valence-electron chi connectivity index (χ4n) is 3.78. The van der Waals surface area contributed by atoms with Crippen molar-refractivity contribution in [1.82, 2.24) is 14.8 Å². The largest absolute Gasteiger partial charge is 0.417 e. The molecule has 0 radical (unpaired) electrons. The van der Waals surface area contributed by atoms with Crippen LogP contribution in [0.4, 0.5) is 5.69 Å². The van der Waals surface area contributed by atoms with E-state index in [1.165, 1.54) is 6.07 Å². The minimum atomic E-state index is -1.75. The number of nitrogens with zero attached hydrogens (tertiary/aromatic N) is 4. The van der Waals surface area contributed by atoms with Gasteiger partial charge in [-0.2, -0.15) is 0 Å². The number of nitro groups is 1. The van der Waals surface area contributed by atoms with Gasteiger partial charge in [-0.3, -0.25) is 10.1 Å². The minimum absolute atomic E-state index is 0.00604. The first-order chi connectivity index (χ1) is 13.5. The van der Waals surface area contributed by atoms with Gasteiger partial charge >= 0.3 is 0 Å². The standard InChI is InChI=1S/C21H32N4O3Si/c1-21(2,3)29(5,6)28-13-15-10-17(11-15)19(20-23-22-14-24(20)4)16-8-7-9-18(12-16)25(26)27/h7-9,12,14-15,17,19H,10-11,13H2,1-6H3. The Kier molecular flexibility index (Phi) is 5.96. The average molecular weight is 417 g/mol. The van der Waals surface area contributed by atoms with Crippen LogP contribution in [0.25, 0.3) is 0 Å². The van der Waals surface area contributed by atoms with E-state index in [9.17, 15) is 10.1 Å². The zero-order valence-electron chi connectivity index (χ0n) is 18.3. The van der Waals surface area contributed by atoms with Gasteiger partial charge in [-0.05, 0) is 48.4 Å². The Balaban J connectivity index is 1.74. The van der Waals surface area contributed by atoms with Crippen LogP contribution in [0.3, 0.4) is 0 Å². The second-order valence-electron chi connectivity index (χ2n) is 9.80. The minimum Gasteiger partial charge on any atom is -0.417 e. The highest BCUT2D eigenvalue weighted by Crippen LogP contribution is 2.47. The molecule has 7 nitrogen and oxygen atoms in total. The van der Waals surface area contributed by atoms with Crippen LogP contribution in [0, 0.1) is 22.0 Å². The molecule has 29 heavy (non-hydrogen) atoms. The smallest absolute Gasteiger partial charge is 0.269 e. The fraction of sp³-hybridized carbons (Fsp3) is 0.619. The van der Waals surface area contributed by atoms with Crippen molar-refractivity contribution in [2.45, 2.75) is 57.7 Å². The van der Waals surface area contributed by atoms with Crippen LogP contribution >= 0.6 is 0 Å². The van der Waals surface area contributed by atoms with Gasteiger partial charge in [0.15, 0.2) is 8.32 Å². The molecule has 1 aliphatic carbocycles. The van der Waals surface area contributed by atoms with E-state index < -0.39 is 8.32 Å². The van der Waals surface area contributed by atoms with E-state index in [-0.39, 0.29) is 21.6 Å². The highest BCUT2D eigenvalue weighted by molar-refractivity contribution is 6.74. The molecular weight excluding hydrogens is 384 g/mol. The van der Waals surface area contributed by atoms with Crippen molar-refractivity contribution in [1.29, 1.82) is 0 Å². The first-order valence-electron chi connectivity index (χ1n) is 10.2. The maximum atomic E-state index is 11.3. The molecule has 1 heterocycles. The van der Waals surface area contributed by atoms with E-state index in [0.717, 1.165) is 30.8 Å². The highest BCUT2D eigenvalue weighted by Gasteiger charge is 2.42. The Bertz CT molecular complexity index is 869. The van der Waals surface area contributed by atoms with E-state index in [4.69, 9.17) is 4.43 Å². The molecule has 0 amide bonds. The third kappa shape index (κ3) is 4.58. The molecule has 0 bridgehead atoms. The van der Waals surface area contributed by atoms with E-state index in [2.05, 4.69) is 44.1 Å². The Hall–Kier alpha value is -2.06.